The van der Waals surface area contributed by atoms with Gasteiger partial charge in [-0.25, -0.2) is 0 Å². The first kappa shape index (κ1) is 13.9. The average molecular weight is 262 g/mol. The largest absolute Gasteiger partial charge is 0.482 e. The second kappa shape index (κ2) is 6.57. The Morgan fingerprint density at radius 1 is 1.32 bits per heavy atom. The molecule has 0 radical (unpaired) electrons. The lowest BCUT2D eigenvalue weighted by Crippen LogP contribution is -2.38. The number of hydrogen-bond acceptors (Lipinski definition) is 3. The minimum atomic E-state index is 0.0382. The molecule has 2 rings (SSSR count). The molecule has 1 amide bonds. The number of nitrogens with zero attached hydrogens (tertiary/aromatic N) is 1. The van der Waals surface area contributed by atoms with E-state index < -0.39 is 0 Å². The highest BCUT2D eigenvalue weighted by molar-refractivity contribution is 5.97. The Bertz CT molecular complexity index is 446. The fraction of sp³-hybridized carbons (Fsp3) is 0.533. The van der Waals surface area contributed by atoms with Crippen LogP contribution in [0.3, 0.4) is 0 Å². The molecule has 1 aliphatic rings. The van der Waals surface area contributed by atoms with Gasteiger partial charge in [-0.05, 0) is 50.6 Å². The Morgan fingerprint density at radius 3 is 2.89 bits per heavy atom. The van der Waals surface area contributed by atoms with Crippen LogP contribution < -0.4 is 15.0 Å². The number of amides is 1. The van der Waals surface area contributed by atoms with Gasteiger partial charge in [-0.2, -0.15) is 0 Å². The first-order valence-electron chi connectivity index (χ1n) is 7.03. The standard InChI is InChI=1S/C15H22N2O2/c1-3-8-16-9-7-12-5-6-14-13(10-12)17(4-2)15(18)11-19-14/h5-6,10,16H,3-4,7-9,11H2,1-2H3. The van der Waals surface area contributed by atoms with Crippen LogP contribution in [0, 0.1) is 0 Å². The summed E-state index contributed by atoms with van der Waals surface area (Å²) in [7, 11) is 0. The minimum Gasteiger partial charge on any atom is -0.482 e. The predicted octanol–water partition coefficient (Wildman–Crippen LogP) is 1.97. The summed E-state index contributed by atoms with van der Waals surface area (Å²) in [6.07, 6.45) is 2.12. The molecule has 0 unspecified atom stereocenters. The van der Waals surface area contributed by atoms with Crippen molar-refractivity contribution in [3.63, 3.8) is 0 Å². The van der Waals surface area contributed by atoms with Crippen molar-refractivity contribution in [2.75, 3.05) is 31.1 Å². The van der Waals surface area contributed by atoms with E-state index in [2.05, 4.69) is 24.4 Å². The highest BCUT2D eigenvalue weighted by atomic mass is 16.5. The van der Waals surface area contributed by atoms with Crippen LogP contribution in [-0.4, -0.2) is 32.1 Å². The Labute approximate surface area is 114 Å². The van der Waals surface area contributed by atoms with Crippen LogP contribution in [0.5, 0.6) is 5.75 Å². The highest BCUT2D eigenvalue weighted by Gasteiger charge is 2.24. The summed E-state index contributed by atoms with van der Waals surface area (Å²) in [6.45, 7) is 7.00. The van der Waals surface area contributed by atoms with Crippen LogP contribution in [-0.2, 0) is 11.2 Å². The molecule has 0 spiro atoms. The molecule has 0 fully saturated rings. The Hall–Kier alpha value is -1.55. The van der Waals surface area contributed by atoms with E-state index in [-0.39, 0.29) is 12.5 Å². The number of carbonyl (C=O) groups excluding carboxylic acids is 1. The van der Waals surface area contributed by atoms with Crippen LogP contribution in [0.4, 0.5) is 5.69 Å². The van der Waals surface area contributed by atoms with Crippen molar-refractivity contribution in [3.8, 4) is 5.75 Å². The molecule has 0 saturated heterocycles. The summed E-state index contributed by atoms with van der Waals surface area (Å²) in [4.78, 5) is 13.6. The van der Waals surface area contributed by atoms with E-state index in [1.54, 1.807) is 4.90 Å². The zero-order valence-electron chi connectivity index (χ0n) is 11.7. The summed E-state index contributed by atoms with van der Waals surface area (Å²) >= 11 is 0. The van der Waals surface area contributed by atoms with Crippen LogP contribution in [0.2, 0.25) is 0 Å². The zero-order valence-corrected chi connectivity index (χ0v) is 11.7. The Balaban J connectivity index is 2.08. The lowest BCUT2D eigenvalue weighted by Gasteiger charge is -2.28. The third-order valence-corrected chi connectivity index (χ3v) is 3.30. The number of hydrogen-bond donors (Lipinski definition) is 1. The molecule has 1 aromatic rings. The van der Waals surface area contributed by atoms with Gasteiger partial charge in [0.15, 0.2) is 6.61 Å². The summed E-state index contributed by atoms with van der Waals surface area (Å²) < 4.78 is 5.46. The molecule has 19 heavy (non-hydrogen) atoms. The highest BCUT2D eigenvalue weighted by Crippen LogP contribution is 2.32. The smallest absolute Gasteiger partial charge is 0.265 e. The van der Waals surface area contributed by atoms with Gasteiger partial charge in [0.2, 0.25) is 0 Å². The van der Waals surface area contributed by atoms with E-state index in [4.69, 9.17) is 4.74 Å². The molecule has 0 bridgehead atoms. The van der Waals surface area contributed by atoms with Gasteiger partial charge < -0.3 is 15.0 Å². The van der Waals surface area contributed by atoms with Crippen LogP contribution in [0.15, 0.2) is 18.2 Å². The van der Waals surface area contributed by atoms with Crippen LogP contribution >= 0.6 is 0 Å². The molecule has 104 valence electrons. The van der Waals surface area contributed by atoms with Gasteiger partial charge in [0, 0.05) is 6.54 Å². The van der Waals surface area contributed by atoms with Gasteiger partial charge in [-0.15, -0.1) is 0 Å². The molecular formula is C15H22N2O2. The molecule has 1 heterocycles. The molecule has 0 saturated carbocycles. The molecule has 0 atom stereocenters. The predicted molar refractivity (Wildman–Crippen MR) is 76.8 cm³/mol. The second-order valence-electron chi connectivity index (χ2n) is 4.73. The van der Waals surface area contributed by atoms with Gasteiger partial charge in [-0.1, -0.05) is 13.0 Å². The number of anilines is 1. The van der Waals surface area contributed by atoms with Gasteiger partial charge in [0.25, 0.3) is 5.91 Å². The summed E-state index contributed by atoms with van der Waals surface area (Å²) in [5.41, 5.74) is 2.14. The van der Waals surface area contributed by atoms with Crippen molar-refractivity contribution in [3.05, 3.63) is 23.8 Å². The lowest BCUT2D eigenvalue weighted by molar-refractivity contribution is -0.121. The molecule has 0 aliphatic carbocycles. The Morgan fingerprint density at radius 2 is 2.16 bits per heavy atom. The van der Waals surface area contributed by atoms with Gasteiger partial charge in [0.05, 0.1) is 5.69 Å². The normalized spacial score (nSPS) is 14.2. The molecule has 0 aromatic heterocycles. The van der Waals surface area contributed by atoms with E-state index >= 15 is 0 Å². The van der Waals surface area contributed by atoms with E-state index in [1.165, 1.54) is 5.56 Å². The van der Waals surface area contributed by atoms with E-state index in [9.17, 15) is 4.79 Å². The maximum Gasteiger partial charge on any atom is 0.265 e. The third kappa shape index (κ3) is 3.26. The van der Waals surface area contributed by atoms with Crippen LogP contribution in [0.25, 0.3) is 0 Å². The summed E-state index contributed by atoms with van der Waals surface area (Å²) in [5, 5.41) is 3.39. The maximum absolute atomic E-state index is 11.8. The van der Waals surface area contributed by atoms with Crippen molar-refractivity contribution >= 4 is 11.6 Å². The first-order chi connectivity index (χ1) is 9.26. The number of benzene rings is 1. The number of ether oxygens (including phenoxy) is 1. The molecule has 4 heteroatoms. The Kier molecular flexibility index (Phi) is 4.80. The van der Waals surface area contributed by atoms with Crippen molar-refractivity contribution < 1.29 is 9.53 Å². The summed E-state index contributed by atoms with van der Waals surface area (Å²) in [5.74, 6) is 0.850. The molecule has 1 N–H and O–H groups in total. The van der Waals surface area contributed by atoms with Gasteiger partial charge >= 0.3 is 0 Å². The maximum atomic E-state index is 11.8. The quantitative estimate of drug-likeness (QED) is 0.797. The number of nitrogens with one attached hydrogen (secondary N) is 1. The third-order valence-electron chi connectivity index (χ3n) is 3.30. The van der Waals surface area contributed by atoms with E-state index in [0.717, 1.165) is 37.4 Å². The van der Waals surface area contributed by atoms with E-state index in [1.807, 2.05) is 13.0 Å². The number of fused-ring (bicyclic) bond motifs is 1. The van der Waals surface area contributed by atoms with Crippen molar-refractivity contribution in [1.29, 1.82) is 0 Å². The molecular weight excluding hydrogens is 240 g/mol. The van der Waals surface area contributed by atoms with Crippen LogP contribution in [0.1, 0.15) is 25.8 Å². The average Bonchev–Trinajstić information content (AvgIpc) is 2.43. The number of carbonyl (C=O) groups is 1. The second-order valence-corrected chi connectivity index (χ2v) is 4.73. The fourth-order valence-corrected chi connectivity index (χ4v) is 2.28. The number of likely N-dealkylation sites (N-methyl/N-ethyl adjacent to an activating group) is 1. The monoisotopic (exact) mass is 262 g/mol. The summed E-state index contributed by atoms with van der Waals surface area (Å²) in [6, 6.07) is 6.12. The van der Waals surface area contributed by atoms with Crippen molar-refractivity contribution in [2.45, 2.75) is 26.7 Å². The first-order valence-corrected chi connectivity index (χ1v) is 7.03. The van der Waals surface area contributed by atoms with Crippen molar-refractivity contribution in [1.82, 2.24) is 5.32 Å². The zero-order chi connectivity index (χ0) is 13.7. The molecule has 1 aliphatic heterocycles. The van der Waals surface area contributed by atoms with Gasteiger partial charge in [0.1, 0.15) is 5.75 Å². The lowest BCUT2D eigenvalue weighted by atomic mass is 10.1. The molecule has 4 nitrogen and oxygen atoms in total. The fourth-order valence-electron chi connectivity index (χ4n) is 2.28. The van der Waals surface area contributed by atoms with Crippen molar-refractivity contribution in [2.24, 2.45) is 0 Å². The van der Waals surface area contributed by atoms with Gasteiger partial charge in [-0.3, -0.25) is 4.79 Å². The number of rotatable bonds is 6. The minimum absolute atomic E-state index is 0.0382. The molecule has 1 aromatic carbocycles. The topological polar surface area (TPSA) is 41.6 Å². The SMILES string of the molecule is CCCNCCc1ccc2c(c1)N(CC)C(=O)CO2. The van der Waals surface area contributed by atoms with E-state index in [0.29, 0.717) is 6.54 Å².